The predicted octanol–water partition coefficient (Wildman–Crippen LogP) is 4.86. The fraction of sp³-hybridized carbons (Fsp3) is 0.364. The molecule has 1 amide bonds. The van der Waals surface area contributed by atoms with Crippen LogP contribution in [0.5, 0.6) is 11.5 Å². The van der Waals surface area contributed by atoms with Crippen molar-refractivity contribution in [1.82, 2.24) is 4.98 Å². The van der Waals surface area contributed by atoms with Crippen molar-refractivity contribution in [1.29, 1.82) is 0 Å². The largest absolute Gasteiger partial charge is 0.493 e. The summed E-state index contributed by atoms with van der Waals surface area (Å²) in [6.07, 6.45) is 1.90. The van der Waals surface area contributed by atoms with E-state index in [-0.39, 0.29) is 18.6 Å². The van der Waals surface area contributed by atoms with Gasteiger partial charge in [-0.25, -0.2) is 4.98 Å². The molecule has 8 heteroatoms. The lowest BCUT2D eigenvalue weighted by molar-refractivity contribution is -0.121. The smallest absolute Gasteiger partial charge is 0.266 e. The molecule has 1 aliphatic rings. The van der Waals surface area contributed by atoms with Crippen molar-refractivity contribution < 1.29 is 19.0 Å². The highest BCUT2D eigenvalue weighted by Crippen LogP contribution is 2.36. The maximum absolute atomic E-state index is 13.2. The Balaban J connectivity index is 1.60. The molecule has 158 valence electrons. The van der Waals surface area contributed by atoms with Gasteiger partial charge in [0.1, 0.15) is 0 Å². The number of benzene rings is 2. The Morgan fingerprint density at radius 1 is 1.30 bits per heavy atom. The van der Waals surface area contributed by atoms with E-state index in [4.69, 9.17) is 30.8 Å². The molecule has 1 aliphatic heterocycles. The van der Waals surface area contributed by atoms with Crippen LogP contribution in [0.1, 0.15) is 18.4 Å². The van der Waals surface area contributed by atoms with Crippen LogP contribution in [0.3, 0.4) is 0 Å². The molecule has 1 fully saturated rings. The van der Waals surface area contributed by atoms with Gasteiger partial charge in [-0.15, -0.1) is 0 Å². The molecule has 1 aromatic heterocycles. The first-order valence-electron chi connectivity index (χ1n) is 9.80. The van der Waals surface area contributed by atoms with E-state index in [1.54, 1.807) is 24.1 Å². The van der Waals surface area contributed by atoms with E-state index < -0.39 is 0 Å². The van der Waals surface area contributed by atoms with Gasteiger partial charge in [0, 0.05) is 6.61 Å². The standard InChI is InChI=1S/C22H23ClN2O4S/c1-14-9-10-16(23)21-20(14)24-22(30-21)25(12-15-6-5-11-28-15)19(26)13-29-18-8-4-3-7-17(18)27-2/h3-4,7-10,15H,5-6,11-13H2,1-2H3/t15-/m1/s1. The Labute approximate surface area is 184 Å². The van der Waals surface area contributed by atoms with E-state index in [9.17, 15) is 4.79 Å². The summed E-state index contributed by atoms with van der Waals surface area (Å²) in [7, 11) is 1.57. The highest BCUT2D eigenvalue weighted by atomic mass is 35.5. The van der Waals surface area contributed by atoms with E-state index in [2.05, 4.69) is 0 Å². The highest BCUT2D eigenvalue weighted by Gasteiger charge is 2.27. The molecule has 1 atom stereocenters. The van der Waals surface area contributed by atoms with Gasteiger partial charge < -0.3 is 14.2 Å². The van der Waals surface area contributed by atoms with Crippen LogP contribution in [0.2, 0.25) is 5.02 Å². The highest BCUT2D eigenvalue weighted by molar-refractivity contribution is 7.23. The molecule has 0 radical (unpaired) electrons. The SMILES string of the molecule is COc1ccccc1OCC(=O)N(C[C@H]1CCCO1)c1nc2c(C)ccc(Cl)c2s1. The maximum Gasteiger partial charge on any atom is 0.266 e. The number of halogens is 1. The molecular formula is C22H23ClN2O4S. The Kier molecular flexibility index (Phi) is 6.41. The Bertz CT molecular complexity index is 1010. The second kappa shape index (κ2) is 9.20. The van der Waals surface area contributed by atoms with E-state index in [1.807, 2.05) is 31.2 Å². The van der Waals surface area contributed by atoms with Gasteiger partial charge in [0.05, 0.1) is 35.0 Å². The van der Waals surface area contributed by atoms with E-state index in [0.717, 1.165) is 35.2 Å². The summed E-state index contributed by atoms with van der Waals surface area (Å²) in [6.45, 7) is 3.01. The van der Waals surface area contributed by atoms with Crippen molar-refractivity contribution in [2.75, 3.05) is 31.8 Å². The Morgan fingerprint density at radius 2 is 2.10 bits per heavy atom. The number of hydrogen-bond acceptors (Lipinski definition) is 6. The summed E-state index contributed by atoms with van der Waals surface area (Å²) in [5.41, 5.74) is 1.84. The molecule has 30 heavy (non-hydrogen) atoms. The van der Waals surface area contributed by atoms with Crippen molar-refractivity contribution in [3.05, 3.63) is 47.0 Å². The maximum atomic E-state index is 13.2. The molecule has 3 aromatic rings. The van der Waals surface area contributed by atoms with Crippen LogP contribution >= 0.6 is 22.9 Å². The number of hydrogen-bond donors (Lipinski definition) is 0. The molecule has 0 unspecified atom stereocenters. The van der Waals surface area contributed by atoms with Gasteiger partial charge in [0.25, 0.3) is 5.91 Å². The summed E-state index contributed by atoms with van der Waals surface area (Å²) >= 11 is 7.79. The van der Waals surface area contributed by atoms with Crippen LogP contribution in [0.25, 0.3) is 10.2 Å². The monoisotopic (exact) mass is 446 g/mol. The first-order chi connectivity index (χ1) is 14.6. The van der Waals surface area contributed by atoms with Crippen LogP contribution in [0.15, 0.2) is 36.4 Å². The minimum atomic E-state index is -0.191. The number of ether oxygens (including phenoxy) is 3. The number of carbonyl (C=O) groups is 1. The second-order valence-electron chi connectivity index (χ2n) is 7.12. The van der Waals surface area contributed by atoms with Crippen molar-refractivity contribution in [3.8, 4) is 11.5 Å². The normalized spacial score (nSPS) is 16.0. The Hall–Kier alpha value is -2.35. The average Bonchev–Trinajstić information content (AvgIpc) is 3.43. The number of carbonyl (C=O) groups excluding carboxylic acids is 1. The third-order valence-corrected chi connectivity index (χ3v) is 6.59. The number of rotatable bonds is 7. The zero-order valence-corrected chi connectivity index (χ0v) is 18.5. The second-order valence-corrected chi connectivity index (χ2v) is 8.50. The van der Waals surface area contributed by atoms with Gasteiger partial charge in [-0.1, -0.05) is 41.1 Å². The van der Waals surface area contributed by atoms with Crippen LogP contribution in [0, 0.1) is 6.92 Å². The fourth-order valence-corrected chi connectivity index (χ4v) is 4.78. The molecule has 6 nitrogen and oxygen atoms in total. The zero-order chi connectivity index (χ0) is 21.1. The lowest BCUT2D eigenvalue weighted by atomic mass is 10.2. The third kappa shape index (κ3) is 4.38. The van der Waals surface area contributed by atoms with Crippen molar-refractivity contribution in [3.63, 3.8) is 0 Å². The molecule has 2 heterocycles. The molecule has 0 aliphatic carbocycles. The number of fused-ring (bicyclic) bond motifs is 1. The summed E-state index contributed by atoms with van der Waals surface area (Å²) in [5, 5.41) is 1.24. The topological polar surface area (TPSA) is 60.9 Å². The minimum Gasteiger partial charge on any atom is -0.493 e. The van der Waals surface area contributed by atoms with Crippen LogP contribution in [0.4, 0.5) is 5.13 Å². The minimum absolute atomic E-state index is 0.0104. The quantitative estimate of drug-likeness (QED) is 0.518. The zero-order valence-electron chi connectivity index (χ0n) is 16.9. The molecule has 0 saturated carbocycles. The van der Waals surface area contributed by atoms with Gasteiger partial charge in [0.2, 0.25) is 0 Å². The number of para-hydroxylation sites is 2. The molecule has 1 saturated heterocycles. The van der Waals surface area contributed by atoms with Gasteiger partial charge in [-0.3, -0.25) is 9.69 Å². The van der Waals surface area contributed by atoms with Crippen LogP contribution in [-0.4, -0.2) is 43.9 Å². The molecule has 0 bridgehead atoms. The van der Waals surface area contributed by atoms with Crippen molar-refractivity contribution in [2.24, 2.45) is 0 Å². The number of aromatic nitrogens is 1. The van der Waals surface area contributed by atoms with Crippen LogP contribution in [-0.2, 0) is 9.53 Å². The Morgan fingerprint density at radius 3 is 2.80 bits per heavy atom. The number of nitrogens with zero attached hydrogens (tertiary/aromatic N) is 2. The first-order valence-corrected chi connectivity index (χ1v) is 11.0. The number of thiazole rings is 1. The van der Waals surface area contributed by atoms with Gasteiger partial charge >= 0.3 is 0 Å². The molecule has 0 spiro atoms. The fourth-order valence-electron chi connectivity index (χ4n) is 3.44. The van der Waals surface area contributed by atoms with Gasteiger partial charge in [0.15, 0.2) is 23.2 Å². The summed E-state index contributed by atoms with van der Waals surface area (Å²) in [4.78, 5) is 19.6. The number of methoxy groups -OCH3 is 1. The van der Waals surface area contributed by atoms with Gasteiger partial charge in [-0.2, -0.15) is 0 Å². The lowest BCUT2D eigenvalue weighted by Gasteiger charge is -2.23. The van der Waals surface area contributed by atoms with Crippen molar-refractivity contribution in [2.45, 2.75) is 25.9 Å². The van der Waals surface area contributed by atoms with Crippen LogP contribution < -0.4 is 14.4 Å². The molecule has 2 aromatic carbocycles. The summed E-state index contributed by atoms with van der Waals surface area (Å²) in [5.74, 6) is 0.913. The average molecular weight is 447 g/mol. The molecular weight excluding hydrogens is 424 g/mol. The number of aryl methyl sites for hydroxylation is 1. The molecule has 4 rings (SSSR count). The lowest BCUT2D eigenvalue weighted by Crippen LogP contribution is -2.40. The number of anilines is 1. The first kappa shape index (κ1) is 20.9. The summed E-state index contributed by atoms with van der Waals surface area (Å²) in [6, 6.07) is 11.1. The number of amides is 1. The predicted molar refractivity (Wildman–Crippen MR) is 119 cm³/mol. The molecule has 0 N–H and O–H groups in total. The third-order valence-electron chi connectivity index (χ3n) is 5.05. The van der Waals surface area contributed by atoms with E-state index >= 15 is 0 Å². The summed E-state index contributed by atoms with van der Waals surface area (Å²) < 4.78 is 17.7. The van der Waals surface area contributed by atoms with E-state index in [1.165, 1.54) is 11.3 Å². The van der Waals surface area contributed by atoms with E-state index in [0.29, 0.717) is 28.2 Å². The van der Waals surface area contributed by atoms with Gasteiger partial charge in [-0.05, 0) is 43.5 Å². The van der Waals surface area contributed by atoms with Crippen molar-refractivity contribution >= 4 is 44.2 Å².